The summed E-state index contributed by atoms with van der Waals surface area (Å²) in [6.45, 7) is 9.70. The number of rotatable bonds is 13. The highest BCUT2D eigenvalue weighted by Crippen LogP contribution is 2.20. The van der Waals surface area contributed by atoms with Crippen LogP contribution in [0.1, 0.15) is 65.0 Å². The van der Waals surface area contributed by atoms with Crippen molar-refractivity contribution in [2.45, 2.75) is 78.5 Å². The summed E-state index contributed by atoms with van der Waals surface area (Å²) >= 11 is 0. The van der Waals surface area contributed by atoms with Crippen LogP contribution in [-0.2, 0) is 32.1 Å². The third-order valence-corrected chi connectivity index (χ3v) is 5.26. The molecule has 0 aliphatic rings. The zero-order valence-electron chi connectivity index (χ0n) is 21.0. The van der Waals surface area contributed by atoms with Gasteiger partial charge in [0.15, 0.2) is 5.78 Å². The Morgan fingerprint density at radius 2 is 1.62 bits per heavy atom. The first-order valence-corrected chi connectivity index (χ1v) is 11.7. The molecule has 0 radical (unpaired) electrons. The summed E-state index contributed by atoms with van der Waals surface area (Å²) in [5, 5.41) is 5.32. The van der Waals surface area contributed by atoms with Gasteiger partial charge in [0, 0.05) is 19.5 Å². The summed E-state index contributed by atoms with van der Waals surface area (Å²) in [5.74, 6) is -1.77. The molecule has 6 N–H and O–H groups in total. The van der Waals surface area contributed by atoms with Crippen molar-refractivity contribution in [3.63, 3.8) is 0 Å². The molecule has 0 aliphatic heterocycles. The second-order valence-electron chi connectivity index (χ2n) is 9.80. The van der Waals surface area contributed by atoms with E-state index in [1.165, 1.54) is 0 Å². The Bertz CT molecular complexity index is 831. The highest BCUT2D eigenvalue weighted by atomic mass is 16.6. The van der Waals surface area contributed by atoms with Crippen molar-refractivity contribution in [3.8, 4) is 0 Å². The van der Waals surface area contributed by atoms with E-state index in [1.54, 1.807) is 20.8 Å². The van der Waals surface area contributed by atoms with Gasteiger partial charge in [-0.1, -0.05) is 38.1 Å². The van der Waals surface area contributed by atoms with Gasteiger partial charge in [-0.25, -0.2) is 4.79 Å². The van der Waals surface area contributed by atoms with Crippen molar-refractivity contribution in [3.05, 3.63) is 35.4 Å². The molecule has 0 aliphatic carbocycles. The Balaban J connectivity index is 2.92. The number of hydrogen-bond donors (Lipinski definition) is 4. The number of amides is 3. The molecular weight excluding hydrogens is 436 g/mol. The van der Waals surface area contributed by atoms with E-state index in [0.29, 0.717) is 19.4 Å². The first-order chi connectivity index (χ1) is 15.8. The van der Waals surface area contributed by atoms with Crippen molar-refractivity contribution in [1.29, 1.82) is 0 Å². The monoisotopic (exact) mass is 476 g/mol. The Morgan fingerprint density at radius 3 is 2.12 bits per heavy atom. The zero-order valence-corrected chi connectivity index (χ0v) is 21.0. The maximum Gasteiger partial charge on any atom is 0.312 e. The first kappa shape index (κ1) is 29.1. The average Bonchev–Trinajstić information content (AvgIpc) is 2.72. The second-order valence-corrected chi connectivity index (χ2v) is 9.80. The molecule has 0 spiro atoms. The van der Waals surface area contributed by atoms with Crippen molar-refractivity contribution in [2.75, 3.05) is 6.54 Å². The van der Waals surface area contributed by atoms with Crippen molar-refractivity contribution < 1.29 is 23.9 Å². The molecule has 0 unspecified atom stereocenters. The summed E-state index contributed by atoms with van der Waals surface area (Å²) in [7, 11) is 0. The van der Waals surface area contributed by atoms with Crippen LogP contribution in [0.4, 0.5) is 4.79 Å². The van der Waals surface area contributed by atoms with E-state index in [4.69, 9.17) is 16.2 Å². The standard InChI is InChI=1S/C25H40N4O5/c1-16(2)19(14-22(31)34-25(3,4)5)23(32)29-20(7-6-12-28-24(27)33)21(30)13-17-8-10-18(15-26)11-9-17/h8-11,16,19-20H,6-7,12-15,26H2,1-5H3,(H,29,32)(H3,27,28,33)/t19-,20-/m0/s1. The lowest BCUT2D eigenvalue weighted by atomic mass is 9.90. The highest BCUT2D eigenvalue weighted by molar-refractivity contribution is 5.92. The lowest BCUT2D eigenvalue weighted by Gasteiger charge is -2.26. The molecule has 9 heteroatoms. The molecule has 1 aromatic carbocycles. The van der Waals surface area contributed by atoms with Crippen LogP contribution >= 0.6 is 0 Å². The number of carbonyl (C=O) groups is 4. The molecule has 0 bridgehead atoms. The number of nitrogens with one attached hydrogen (secondary N) is 2. The van der Waals surface area contributed by atoms with Crippen LogP contribution in [0.15, 0.2) is 24.3 Å². The van der Waals surface area contributed by atoms with Crippen molar-refractivity contribution in [1.82, 2.24) is 10.6 Å². The molecule has 0 aromatic heterocycles. The Morgan fingerprint density at radius 1 is 1.03 bits per heavy atom. The number of Topliss-reactive ketones (excluding diaryl/α,β-unsaturated/α-hetero) is 1. The van der Waals surface area contributed by atoms with Gasteiger partial charge in [-0.3, -0.25) is 14.4 Å². The van der Waals surface area contributed by atoms with Crippen LogP contribution < -0.4 is 22.1 Å². The number of hydrogen-bond acceptors (Lipinski definition) is 6. The fourth-order valence-corrected chi connectivity index (χ4v) is 3.42. The molecule has 0 fully saturated rings. The van der Waals surface area contributed by atoms with E-state index < -0.39 is 29.6 Å². The van der Waals surface area contributed by atoms with E-state index in [1.807, 2.05) is 38.1 Å². The molecule has 34 heavy (non-hydrogen) atoms. The molecule has 1 aromatic rings. The second kappa shape index (κ2) is 13.7. The van der Waals surface area contributed by atoms with Crippen LogP contribution in [0.5, 0.6) is 0 Å². The molecule has 0 saturated heterocycles. The van der Waals surface area contributed by atoms with Gasteiger partial charge in [0.2, 0.25) is 5.91 Å². The van der Waals surface area contributed by atoms with E-state index in [0.717, 1.165) is 11.1 Å². The third-order valence-electron chi connectivity index (χ3n) is 5.26. The quantitative estimate of drug-likeness (QED) is 0.253. The zero-order chi connectivity index (χ0) is 25.9. The third kappa shape index (κ3) is 11.3. The van der Waals surface area contributed by atoms with Gasteiger partial charge in [-0.15, -0.1) is 0 Å². The SMILES string of the molecule is CC(C)[C@H](CC(=O)OC(C)(C)C)C(=O)N[C@@H](CCCNC(N)=O)C(=O)Cc1ccc(CN)cc1. The van der Waals surface area contributed by atoms with Crippen LogP contribution in [-0.4, -0.2) is 41.9 Å². The molecule has 9 nitrogen and oxygen atoms in total. The number of ether oxygens (including phenoxy) is 1. The van der Waals surface area contributed by atoms with Crippen molar-refractivity contribution >= 4 is 23.7 Å². The lowest BCUT2D eigenvalue weighted by Crippen LogP contribution is -2.46. The molecule has 0 saturated carbocycles. The van der Waals surface area contributed by atoms with E-state index >= 15 is 0 Å². The molecule has 2 atom stereocenters. The van der Waals surface area contributed by atoms with E-state index in [-0.39, 0.29) is 37.0 Å². The number of carbonyl (C=O) groups excluding carboxylic acids is 4. The number of esters is 1. The van der Waals surface area contributed by atoms with Crippen LogP contribution in [0.3, 0.4) is 0 Å². The number of ketones is 1. The Kier molecular flexibility index (Phi) is 11.7. The summed E-state index contributed by atoms with van der Waals surface area (Å²) in [6.07, 6.45) is 0.829. The maximum atomic E-state index is 13.1. The molecule has 3 amide bonds. The molecule has 0 heterocycles. The molecule has 1 rings (SSSR count). The van der Waals surface area contributed by atoms with Gasteiger partial charge in [0.25, 0.3) is 0 Å². The fourth-order valence-electron chi connectivity index (χ4n) is 3.42. The normalized spacial score (nSPS) is 13.1. The number of primary amides is 1. The maximum absolute atomic E-state index is 13.1. The van der Waals surface area contributed by atoms with Gasteiger partial charge < -0.3 is 26.8 Å². The minimum atomic E-state index is -0.767. The summed E-state index contributed by atoms with van der Waals surface area (Å²) in [4.78, 5) is 49.5. The minimum absolute atomic E-state index is 0.0779. The summed E-state index contributed by atoms with van der Waals surface area (Å²) < 4.78 is 5.37. The average molecular weight is 477 g/mol. The fraction of sp³-hybridized carbons (Fsp3) is 0.600. The largest absolute Gasteiger partial charge is 0.460 e. The molecular formula is C25H40N4O5. The topological polar surface area (TPSA) is 154 Å². The van der Waals surface area contributed by atoms with Gasteiger partial charge in [0.05, 0.1) is 18.4 Å². The number of benzene rings is 1. The van der Waals surface area contributed by atoms with Gasteiger partial charge >= 0.3 is 12.0 Å². The minimum Gasteiger partial charge on any atom is -0.460 e. The predicted octanol–water partition coefficient (Wildman–Crippen LogP) is 2.19. The predicted molar refractivity (Wildman–Crippen MR) is 131 cm³/mol. The smallest absolute Gasteiger partial charge is 0.312 e. The Hall–Kier alpha value is -2.94. The van der Waals surface area contributed by atoms with E-state index in [9.17, 15) is 19.2 Å². The van der Waals surface area contributed by atoms with Crippen LogP contribution in [0, 0.1) is 11.8 Å². The first-order valence-electron chi connectivity index (χ1n) is 11.7. The lowest BCUT2D eigenvalue weighted by molar-refractivity contribution is -0.158. The van der Waals surface area contributed by atoms with Gasteiger partial charge in [0.1, 0.15) is 5.60 Å². The highest BCUT2D eigenvalue weighted by Gasteiger charge is 2.30. The van der Waals surface area contributed by atoms with Gasteiger partial charge in [-0.2, -0.15) is 0 Å². The van der Waals surface area contributed by atoms with E-state index in [2.05, 4.69) is 10.6 Å². The number of nitrogens with two attached hydrogens (primary N) is 2. The summed E-state index contributed by atoms with van der Waals surface area (Å²) in [6, 6.07) is 5.99. The Labute approximate surface area is 202 Å². The number of urea groups is 1. The van der Waals surface area contributed by atoms with Gasteiger partial charge in [-0.05, 0) is 50.7 Å². The van der Waals surface area contributed by atoms with Crippen LogP contribution in [0.25, 0.3) is 0 Å². The van der Waals surface area contributed by atoms with Crippen molar-refractivity contribution in [2.24, 2.45) is 23.3 Å². The summed E-state index contributed by atoms with van der Waals surface area (Å²) in [5.41, 5.74) is 11.8. The molecule has 190 valence electrons. The van der Waals surface area contributed by atoms with Crippen LogP contribution in [0.2, 0.25) is 0 Å².